The molecule has 0 aliphatic carbocycles. The summed E-state index contributed by atoms with van der Waals surface area (Å²) in [7, 11) is 0. The monoisotopic (exact) mass is 264 g/mol. The molecule has 0 unspecified atom stereocenters. The van der Waals surface area contributed by atoms with Crippen LogP contribution in [0.5, 0.6) is 0 Å². The zero-order valence-corrected chi connectivity index (χ0v) is 10.1. The van der Waals surface area contributed by atoms with E-state index in [2.05, 4.69) is 10.3 Å². The number of nitrogens with one attached hydrogen (secondary N) is 1. The number of benzene rings is 1. The molecule has 0 radical (unpaired) electrons. The highest BCUT2D eigenvalue weighted by Gasteiger charge is 2.07. The summed E-state index contributed by atoms with van der Waals surface area (Å²) in [5.41, 5.74) is 0.597. The van der Waals surface area contributed by atoms with Gasteiger partial charge >= 0.3 is 0 Å². The lowest BCUT2D eigenvalue weighted by Gasteiger charge is -2.05. The van der Waals surface area contributed by atoms with E-state index in [1.54, 1.807) is 24.3 Å². The SMILES string of the molecule is O=C(Cc1cccc(F)c1)Nc1ncccc1Cl. The summed E-state index contributed by atoms with van der Waals surface area (Å²) in [5, 5.41) is 2.94. The van der Waals surface area contributed by atoms with Crippen LogP contribution in [0.1, 0.15) is 5.56 Å². The Morgan fingerprint density at radius 1 is 1.33 bits per heavy atom. The van der Waals surface area contributed by atoms with Crippen molar-refractivity contribution in [1.29, 1.82) is 0 Å². The summed E-state index contributed by atoms with van der Waals surface area (Å²) in [5.74, 6) is -0.349. The molecule has 0 spiro atoms. The van der Waals surface area contributed by atoms with E-state index in [9.17, 15) is 9.18 Å². The molecule has 5 heteroatoms. The second-order valence-corrected chi connectivity index (χ2v) is 4.10. The van der Waals surface area contributed by atoms with Gasteiger partial charge in [0.25, 0.3) is 0 Å². The van der Waals surface area contributed by atoms with E-state index in [4.69, 9.17) is 11.6 Å². The highest BCUT2D eigenvalue weighted by atomic mass is 35.5. The molecule has 2 rings (SSSR count). The van der Waals surface area contributed by atoms with Crippen LogP contribution < -0.4 is 5.32 Å². The van der Waals surface area contributed by atoms with E-state index >= 15 is 0 Å². The molecule has 1 aromatic heterocycles. The van der Waals surface area contributed by atoms with Crippen molar-refractivity contribution in [3.63, 3.8) is 0 Å². The highest BCUT2D eigenvalue weighted by Crippen LogP contribution is 2.17. The fraction of sp³-hybridized carbons (Fsp3) is 0.0769. The number of anilines is 1. The van der Waals surface area contributed by atoms with Gasteiger partial charge in [-0.25, -0.2) is 9.37 Å². The number of rotatable bonds is 3. The van der Waals surface area contributed by atoms with Gasteiger partial charge in [-0.05, 0) is 29.8 Å². The second-order valence-electron chi connectivity index (χ2n) is 3.69. The van der Waals surface area contributed by atoms with Crippen LogP contribution in [0.3, 0.4) is 0 Å². The highest BCUT2D eigenvalue weighted by molar-refractivity contribution is 6.33. The molecule has 1 aromatic carbocycles. The average Bonchev–Trinajstić information content (AvgIpc) is 2.32. The molecule has 1 heterocycles. The zero-order valence-electron chi connectivity index (χ0n) is 9.36. The molecule has 0 aliphatic heterocycles. The fourth-order valence-electron chi connectivity index (χ4n) is 1.49. The van der Waals surface area contributed by atoms with Crippen molar-refractivity contribution in [2.45, 2.75) is 6.42 Å². The summed E-state index contributed by atoms with van der Waals surface area (Å²) in [4.78, 5) is 15.7. The zero-order chi connectivity index (χ0) is 13.0. The van der Waals surface area contributed by atoms with E-state index < -0.39 is 0 Å². The molecular formula is C13H10ClFN2O. The van der Waals surface area contributed by atoms with Gasteiger partial charge in [-0.3, -0.25) is 4.79 Å². The lowest BCUT2D eigenvalue weighted by Crippen LogP contribution is -2.15. The average molecular weight is 265 g/mol. The summed E-state index contributed by atoms with van der Waals surface area (Å²) >= 11 is 5.86. The number of aromatic nitrogens is 1. The molecular weight excluding hydrogens is 255 g/mol. The number of halogens is 2. The molecule has 0 aliphatic rings. The smallest absolute Gasteiger partial charge is 0.229 e. The number of amides is 1. The first kappa shape index (κ1) is 12.5. The minimum Gasteiger partial charge on any atom is -0.309 e. The standard InChI is InChI=1S/C13H10ClFN2O/c14-11-5-2-6-16-13(11)17-12(18)8-9-3-1-4-10(15)7-9/h1-7H,8H2,(H,16,17,18). The summed E-state index contributed by atoms with van der Waals surface area (Å²) in [6, 6.07) is 9.20. The van der Waals surface area contributed by atoms with Crippen molar-refractivity contribution in [1.82, 2.24) is 4.98 Å². The van der Waals surface area contributed by atoms with Crippen LogP contribution in [0.15, 0.2) is 42.6 Å². The number of carbonyl (C=O) groups excluding carboxylic acids is 1. The van der Waals surface area contributed by atoms with Gasteiger partial charge in [-0.1, -0.05) is 23.7 Å². The molecule has 92 valence electrons. The maximum Gasteiger partial charge on any atom is 0.229 e. The lowest BCUT2D eigenvalue weighted by atomic mass is 10.1. The number of hydrogen-bond acceptors (Lipinski definition) is 2. The molecule has 3 nitrogen and oxygen atoms in total. The first-order valence-electron chi connectivity index (χ1n) is 5.30. The molecule has 18 heavy (non-hydrogen) atoms. The van der Waals surface area contributed by atoms with Crippen molar-refractivity contribution >= 4 is 23.3 Å². The summed E-state index contributed by atoms with van der Waals surface area (Å²) in [6.07, 6.45) is 1.61. The topological polar surface area (TPSA) is 42.0 Å². The molecule has 1 amide bonds. The predicted molar refractivity (Wildman–Crippen MR) is 68.0 cm³/mol. The predicted octanol–water partition coefficient (Wildman–Crippen LogP) is 3.06. The van der Waals surface area contributed by atoms with E-state index in [1.165, 1.54) is 18.3 Å². The van der Waals surface area contributed by atoms with Gasteiger partial charge in [0.15, 0.2) is 5.82 Å². The van der Waals surface area contributed by atoms with Crippen molar-refractivity contribution in [2.24, 2.45) is 0 Å². The Labute approximate surface area is 109 Å². The third-order valence-electron chi connectivity index (χ3n) is 2.27. The first-order valence-corrected chi connectivity index (χ1v) is 5.68. The van der Waals surface area contributed by atoms with Gasteiger partial charge in [-0.2, -0.15) is 0 Å². The number of pyridine rings is 1. The molecule has 0 saturated heterocycles. The number of carbonyl (C=O) groups is 1. The Bertz CT molecular complexity index is 574. The van der Waals surface area contributed by atoms with E-state index in [-0.39, 0.29) is 18.1 Å². The van der Waals surface area contributed by atoms with Gasteiger partial charge in [0.05, 0.1) is 11.4 Å². The van der Waals surface area contributed by atoms with Crippen LogP contribution in [0.2, 0.25) is 5.02 Å². The van der Waals surface area contributed by atoms with Crippen molar-refractivity contribution < 1.29 is 9.18 Å². The molecule has 0 atom stereocenters. The number of hydrogen-bond donors (Lipinski definition) is 1. The minimum absolute atomic E-state index is 0.0741. The van der Waals surface area contributed by atoms with Crippen LogP contribution in [-0.2, 0) is 11.2 Å². The van der Waals surface area contributed by atoms with E-state index in [0.717, 1.165) is 0 Å². The largest absolute Gasteiger partial charge is 0.309 e. The van der Waals surface area contributed by atoms with Crippen LogP contribution in [-0.4, -0.2) is 10.9 Å². The Morgan fingerprint density at radius 2 is 2.17 bits per heavy atom. The molecule has 1 N–H and O–H groups in total. The molecule has 0 saturated carbocycles. The van der Waals surface area contributed by atoms with Gasteiger partial charge in [0.2, 0.25) is 5.91 Å². The minimum atomic E-state index is -0.365. The van der Waals surface area contributed by atoms with Gasteiger partial charge in [-0.15, -0.1) is 0 Å². The van der Waals surface area contributed by atoms with Crippen LogP contribution in [0.4, 0.5) is 10.2 Å². The van der Waals surface area contributed by atoms with Gasteiger partial charge in [0.1, 0.15) is 5.82 Å². The maximum absolute atomic E-state index is 12.9. The van der Waals surface area contributed by atoms with Crippen LogP contribution in [0.25, 0.3) is 0 Å². The van der Waals surface area contributed by atoms with Gasteiger partial charge in [0, 0.05) is 6.20 Å². The Kier molecular flexibility index (Phi) is 3.89. The third-order valence-corrected chi connectivity index (χ3v) is 2.58. The van der Waals surface area contributed by atoms with E-state index in [0.29, 0.717) is 16.4 Å². The van der Waals surface area contributed by atoms with Crippen molar-refractivity contribution in [3.8, 4) is 0 Å². The quantitative estimate of drug-likeness (QED) is 0.926. The summed E-state index contributed by atoms with van der Waals surface area (Å²) in [6.45, 7) is 0. The first-order chi connectivity index (χ1) is 8.65. The van der Waals surface area contributed by atoms with Crippen molar-refractivity contribution in [2.75, 3.05) is 5.32 Å². The van der Waals surface area contributed by atoms with Crippen molar-refractivity contribution in [3.05, 3.63) is 59.0 Å². The van der Waals surface area contributed by atoms with E-state index in [1.807, 2.05) is 0 Å². The number of nitrogens with zero attached hydrogens (tertiary/aromatic N) is 1. The Morgan fingerprint density at radius 3 is 2.89 bits per heavy atom. The molecule has 0 fully saturated rings. The van der Waals surface area contributed by atoms with Gasteiger partial charge < -0.3 is 5.32 Å². The second kappa shape index (κ2) is 5.60. The van der Waals surface area contributed by atoms with Crippen LogP contribution in [0, 0.1) is 5.82 Å². The lowest BCUT2D eigenvalue weighted by molar-refractivity contribution is -0.115. The third kappa shape index (κ3) is 3.28. The maximum atomic E-state index is 12.9. The Balaban J connectivity index is 2.03. The van der Waals surface area contributed by atoms with Crippen LogP contribution >= 0.6 is 11.6 Å². The summed E-state index contributed by atoms with van der Waals surface area (Å²) < 4.78 is 12.9. The normalized spacial score (nSPS) is 10.1. The molecule has 2 aromatic rings. The molecule has 0 bridgehead atoms. The Hall–Kier alpha value is -1.94. The fourth-order valence-corrected chi connectivity index (χ4v) is 1.66.